The van der Waals surface area contributed by atoms with E-state index < -0.39 is 86.8 Å². The lowest BCUT2D eigenvalue weighted by Crippen LogP contribution is -2.65. The lowest BCUT2D eigenvalue weighted by molar-refractivity contribution is -0.359. The number of carbonyl (C=O) groups is 1. The number of hydrogen-bond acceptors (Lipinski definition) is 13. The molecule has 0 bridgehead atoms. The van der Waals surface area contributed by atoms with Crippen molar-refractivity contribution in [3.05, 3.63) is 24.3 Å². The summed E-state index contributed by atoms with van der Waals surface area (Å²) in [5.41, 5.74) is 0. The van der Waals surface area contributed by atoms with Crippen molar-refractivity contribution in [2.45, 2.75) is 376 Å². The highest BCUT2D eigenvalue weighted by Crippen LogP contribution is 2.30. The summed E-state index contributed by atoms with van der Waals surface area (Å²) in [5, 5.41) is 87.3. The fourth-order valence-electron chi connectivity index (χ4n) is 11.4. The van der Waals surface area contributed by atoms with E-state index in [1.807, 2.05) is 6.08 Å². The Morgan fingerprint density at radius 2 is 0.778 bits per heavy atom. The number of amides is 1. The van der Waals surface area contributed by atoms with E-state index in [1.165, 1.54) is 218 Å². The number of ether oxygens (including phenoxy) is 4. The van der Waals surface area contributed by atoms with Gasteiger partial charge >= 0.3 is 0 Å². The van der Waals surface area contributed by atoms with Crippen molar-refractivity contribution in [2.24, 2.45) is 0 Å². The Kier molecular flexibility index (Phi) is 49.2. The summed E-state index contributed by atoms with van der Waals surface area (Å²) in [4.78, 5) is 13.3. The summed E-state index contributed by atoms with van der Waals surface area (Å²) in [5.74, 6) is -0.244. The second-order valence-corrected chi connectivity index (χ2v) is 24.3. The highest BCUT2D eigenvalue weighted by atomic mass is 16.7. The number of aliphatic hydroxyl groups excluding tert-OH is 8. The van der Waals surface area contributed by atoms with Crippen LogP contribution in [0.15, 0.2) is 24.3 Å². The molecule has 12 unspecified atom stereocenters. The second kappa shape index (κ2) is 52.8. The van der Waals surface area contributed by atoms with Gasteiger partial charge in [-0.1, -0.05) is 276 Å². The molecule has 0 aromatic heterocycles. The van der Waals surface area contributed by atoms with E-state index in [0.29, 0.717) is 6.42 Å². The van der Waals surface area contributed by atoms with Gasteiger partial charge in [-0.05, 0) is 44.9 Å². The number of rotatable bonds is 56. The van der Waals surface area contributed by atoms with Gasteiger partial charge in [-0.25, -0.2) is 0 Å². The van der Waals surface area contributed by atoms with E-state index >= 15 is 0 Å². The monoisotopic (exact) mass is 1150 g/mol. The van der Waals surface area contributed by atoms with Crippen LogP contribution in [0.4, 0.5) is 0 Å². The van der Waals surface area contributed by atoms with Crippen molar-refractivity contribution < 1.29 is 64.6 Å². The fraction of sp³-hybridized carbons (Fsp3) is 0.925. The van der Waals surface area contributed by atoms with Gasteiger partial charge in [0.05, 0.1) is 32.0 Å². The average molecular weight is 1150 g/mol. The molecule has 14 nitrogen and oxygen atoms in total. The molecule has 2 saturated heterocycles. The van der Waals surface area contributed by atoms with Crippen LogP contribution in [0.3, 0.4) is 0 Å². The Morgan fingerprint density at radius 3 is 1.17 bits per heavy atom. The third-order valence-corrected chi connectivity index (χ3v) is 16.9. The van der Waals surface area contributed by atoms with Crippen molar-refractivity contribution in [3.63, 3.8) is 0 Å². The Hall–Kier alpha value is -1.53. The topological polar surface area (TPSA) is 228 Å². The molecule has 12 atom stereocenters. The molecular formula is C67H127NO13. The van der Waals surface area contributed by atoms with Crippen molar-refractivity contribution in [3.8, 4) is 0 Å². The minimum atomic E-state index is -1.79. The van der Waals surface area contributed by atoms with Gasteiger partial charge < -0.3 is 65.1 Å². The molecule has 478 valence electrons. The van der Waals surface area contributed by atoms with E-state index in [9.17, 15) is 45.6 Å². The lowest BCUT2D eigenvalue weighted by Gasteiger charge is -2.46. The number of hydrogen-bond donors (Lipinski definition) is 9. The molecule has 2 aliphatic rings. The second-order valence-electron chi connectivity index (χ2n) is 24.3. The summed E-state index contributed by atoms with van der Waals surface area (Å²) in [6.07, 6.45) is 48.2. The Balaban J connectivity index is 1.65. The summed E-state index contributed by atoms with van der Waals surface area (Å²) < 4.78 is 22.8. The predicted octanol–water partition coefficient (Wildman–Crippen LogP) is 13.2. The van der Waals surface area contributed by atoms with Gasteiger partial charge in [0.15, 0.2) is 12.6 Å². The first-order valence-electron chi connectivity index (χ1n) is 34.1. The largest absolute Gasteiger partial charge is 0.394 e. The highest BCUT2D eigenvalue weighted by Gasteiger charge is 2.51. The zero-order chi connectivity index (χ0) is 58.8. The van der Waals surface area contributed by atoms with Gasteiger partial charge in [-0.2, -0.15) is 0 Å². The minimum Gasteiger partial charge on any atom is -0.394 e. The molecule has 9 N–H and O–H groups in total. The number of unbranched alkanes of at least 4 members (excludes halogenated alkanes) is 41. The fourth-order valence-corrected chi connectivity index (χ4v) is 11.4. The normalized spacial score (nSPS) is 24.2. The third kappa shape index (κ3) is 37.6. The molecule has 2 rings (SSSR count). The van der Waals surface area contributed by atoms with Crippen LogP contribution in [0.25, 0.3) is 0 Å². The van der Waals surface area contributed by atoms with Crippen LogP contribution in [0.5, 0.6) is 0 Å². The van der Waals surface area contributed by atoms with Gasteiger partial charge in [-0.3, -0.25) is 4.79 Å². The first kappa shape index (κ1) is 75.6. The molecule has 0 radical (unpaired) electrons. The molecule has 0 aromatic carbocycles. The van der Waals surface area contributed by atoms with Gasteiger partial charge in [0, 0.05) is 6.42 Å². The number of aliphatic hydroxyl groups is 8. The Bertz CT molecular complexity index is 1450. The quantitative estimate of drug-likeness (QED) is 0.0204. The maximum Gasteiger partial charge on any atom is 0.220 e. The molecule has 2 fully saturated rings. The van der Waals surface area contributed by atoms with E-state index in [1.54, 1.807) is 6.08 Å². The van der Waals surface area contributed by atoms with Crippen molar-refractivity contribution >= 4 is 5.91 Å². The van der Waals surface area contributed by atoms with Crippen LogP contribution in [0.1, 0.15) is 303 Å². The van der Waals surface area contributed by atoms with Crippen LogP contribution in [-0.2, 0) is 23.7 Å². The van der Waals surface area contributed by atoms with Crippen molar-refractivity contribution in [1.82, 2.24) is 5.32 Å². The van der Waals surface area contributed by atoms with E-state index in [0.717, 1.165) is 57.8 Å². The summed E-state index contributed by atoms with van der Waals surface area (Å²) in [6.45, 7) is 2.82. The maximum absolute atomic E-state index is 13.3. The first-order chi connectivity index (χ1) is 39.6. The molecular weight excluding hydrogens is 1030 g/mol. The number of nitrogens with one attached hydrogen (secondary N) is 1. The van der Waals surface area contributed by atoms with Crippen LogP contribution >= 0.6 is 0 Å². The molecule has 0 aliphatic carbocycles. The van der Waals surface area contributed by atoms with Crippen LogP contribution in [0.2, 0.25) is 0 Å². The summed E-state index contributed by atoms with van der Waals surface area (Å²) >= 11 is 0. The SMILES string of the molecule is CCCCCCCC/C=C\CCCCCCCC(=O)NC(COC1OC(CO)C(OC2OC(CO)C(O)C(O)C2O)C(O)C1O)C(O)/C=C/CCCCCCCCCCCCCCCCCCCCCCCCCCCCCCCC. The molecule has 0 aromatic rings. The molecule has 1 amide bonds. The van der Waals surface area contributed by atoms with Gasteiger partial charge in [0.25, 0.3) is 0 Å². The molecule has 0 saturated carbocycles. The molecule has 14 heteroatoms. The predicted molar refractivity (Wildman–Crippen MR) is 328 cm³/mol. The van der Waals surface area contributed by atoms with Gasteiger partial charge in [0.1, 0.15) is 48.8 Å². The standard InChI is InChI=1S/C67H127NO13/c1-3-5-7-9-11-13-15-17-19-20-21-22-23-24-25-26-27-28-29-30-31-32-33-34-35-37-38-40-42-44-46-48-50-56(71)55(68-59(72)51-49-47-45-43-41-39-36-18-16-14-12-10-8-6-4-2)54-78-66-64(77)62(75)65(58(53-70)80-66)81-67-63(76)61(74)60(73)57(52-69)79-67/h18,36,48,50,55-58,60-67,69-71,73-77H,3-17,19-35,37-47,49,51-54H2,1-2H3,(H,68,72)/b36-18-,50-48+. The lowest BCUT2D eigenvalue weighted by atomic mass is 9.97. The summed E-state index contributed by atoms with van der Waals surface area (Å²) in [6, 6.07) is -0.918. The smallest absolute Gasteiger partial charge is 0.220 e. The van der Waals surface area contributed by atoms with E-state index in [2.05, 4.69) is 31.3 Å². The van der Waals surface area contributed by atoms with Crippen LogP contribution in [-0.4, -0.2) is 140 Å². The molecule has 81 heavy (non-hydrogen) atoms. The number of allylic oxidation sites excluding steroid dienone is 3. The van der Waals surface area contributed by atoms with Crippen molar-refractivity contribution in [1.29, 1.82) is 0 Å². The first-order valence-corrected chi connectivity index (χ1v) is 34.1. The average Bonchev–Trinajstić information content (AvgIpc) is 3.47. The van der Waals surface area contributed by atoms with Crippen molar-refractivity contribution in [2.75, 3.05) is 19.8 Å². The van der Waals surface area contributed by atoms with E-state index in [4.69, 9.17) is 18.9 Å². The van der Waals surface area contributed by atoms with Gasteiger partial charge in [0.2, 0.25) is 5.91 Å². The highest BCUT2D eigenvalue weighted by molar-refractivity contribution is 5.76. The molecule has 0 spiro atoms. The Labute approximate surface area is 494 Å². The molecule has 2 aliphatic heterocycles. The number of carbonyl (C=O) groups excluding carboxylic acids is 1. The zero-order valence-corrected chi connectivity index (χ0v) is 51.8. The van der Waals surface area contributed by atoms with Gasteiger partial charge in [-0.15, -0.1) is 0 Å². The minimum absolute atomic E-state index is 0.244. The third-order valence-electron chi connectivity index (χ3n) is 16.9. The van der Waals surface area contributed by atoms with Crippen LogP contribution in [0, 0.1) is 0 Å². The van der Waals surface area contributed by atoms with E-state index in [-0.39, 0.29) is 18.9 Å². The maximum atomic E-state index is 13.3. The van der Waals surface area contributed by atoms with Crippen LogP contribution < -0.4 is 5.32 Å². The zero-order valence-electron chi connectivity index (χ0n) is 51.8. The summed E-state index contributed by atoms with van der Waals surface area (Å²) in [7, 11) is 0. The Morgan fingerprint density at radius 1 is 0.432 bits per heavy atom. The molecule has 2 heterocycles.